The van der Waals surface area contributed by atoms with E-state index in [1.807, 2.05) is 0 Å². The quantitative estimate of drug-likeness (QED) is 0.171. The molecule has 0 aromatic heterocycles. The summed E-state index contributed by atoms with van der Waals surface area (Å²) in [6.07, 6.45) is 0. The molecule has 0 aliphatic rings. The summed E-state index contributed by atoms with van der Waals surface area (Å²) in [7, 11) is 0. The van der Waals surface area contributed by atoms with Crippen molar-refractivity contribution in [3.63, 3.8) is 0 Å². The van der Waals surface area contributed by atoms with Gasteiger partial charge in [0, 0.05) is 6.92 Å². The number of carboxylic acid groups (broad SMARTS) is 1. The maximum Gasteiger partial charge on any atom is 0.371 e. The van der Waals surface area contributed by atoms with Crippen LogP contribution in [-0.4, -0.2) is 27.9 Å². The van der Waals surface area contributed by atoms with E-state index >= 15 is 0 Å². The third-order valence-electron chi connectivity index (χ3n) is 0.540. The first-order valence-electron chi connectivity index (χ1n) is 2.90. The molecule has 0 bridgehead atoms. The Balaban J connectivity index is 0. The van der Waals surface area contributed by atoms with Crippen molar-refractivity contribution in [2.75, 3.05) is 0 Å². The van der Waals surface area contributed by atoms with Gasteiger partial charge in [0.2, 0.25) is 5.78 Å². The first kappa shape index (κ1) is 13.9. The van der Waals surface area contributed by atoms with Crippen LogP contribution in [0.15, 0.2) is 4.99 Å². The fourth-order valence-corrected chi connectivity index (χ4v) is 0.233. The van der Waals surface area contributed by atoms with Gasteiger partial charge in [-0.2, -0.15) is 4.99 Å². The second-order valence-electron chi connectivity index (χ2n) is 1.74. The standard InChI is InChI=1S/C3H4O3.C2H6N4S/c1-2(4)3(5)6;3-1(4)6-2(5)7/h1H3,(H,5,6);(H6,3,4,5,6,7). The first-order chi connectivity index (χ1) is 5.77. The van der Waals surface area contributed by atoms with Gasteiger partial charge in [0.05, 0.1) is 0 Å². The zero-order valence-electron chi connectivity index (χ0n) is 6.85. The van der Waals surface area contributed by atoms with Crippen molar-refractivity contribution in [1.29, 1.82) is 0 Å². The van der Waals surface area contributed by atoms with Gasteiger partial charge in [0.15, 0.2) is 11.1 Å². The molecule has 0 spiro atoms. The third-order valence-corrected chi connectivity index (χ3v) is 0.632. The smallest absolute Gasteiger partial charge is 0.371 e. The molecule has 0 rings (SSSR count). The molecule has 0 amide bonds. The molecule has 0 fully saturated rings. The van der Waals surface area contributed by atoms with Gasteiger partial charge in [-0.1, -0.05) is 0 Å². The maximum absolute atomic E-state index is 9.54. The molecule has 0 radical (unpaired) electrons. The van der Waals surface area contributed by atoms with Crippen LogP contribution in [0.25, 0.3) is 0 Å². The monoisotopic (exact) mass is 206 g/mol. The molecule has 7 N–H and O–H groups in total. The summed E-state index contributed by atoms with van der Waals surface area (Å²) in [5.41, 5.74) is 14.6. The lowest BCUT2D eigenvalue weighted by Gasteiger charge is -1.84. The number of Topliss-reactive ketones (excluding diaryl/α,β-unsaturated/α-hetero) is 1. The number of aliphatic carboxylic acids is 1. The number of hydrogen-bond acceptors (Lipinski definition) is 3. The Bertz CT molecular complexity index is 234. The second kappa shape index (κ2) is 6.98. The average molecular weight is 206 g/mol. The molecule has 7 nitrogen and oxygen atoms in total. The normalized spacial score (nSPS) is 7.46. The number of ketones is 1. The molecule has 0 aliphatic heterocycles. The Hall–Kier alpha value is -1.70. The summed E-state index contributed by atoms with van der Waals surface area (Å²) in [5, 5.41) is 7.60. The van der Waals surface area contributed by atoms with Crippen LogP contribution in [0.1, 0.15) is 6.92 Å². The Labute approximate surface area is 79.6 Å². The van der Waals surface area contributed by atoms with Gasteiger partial charge in [-0.15, -0.1) is 0 Å². The van der Waals surface area contributed by atoms with Gasteiger partial charge in [0.1, 0.15) is 0 Å². The Morgan fingerprint density at radius 1 is 1.31 bits per heavy atom. The van der Waals surface area contributed by atoms with Crippen LogP contribution >= 0.6 is 12.2 Å². The molecule has 0 aliphatic carbocycles. The van der Waals surface area contributed by atoms with Gasteiger partial charge in [-0.25, -0.2) is 4.79 Å². The van der Waals surface area contributed by atoms with Gasteiger partial charge in [-0.05, 0) is 12.2 Å². The van der Waals surface area contributed by atoms with Crippen molar-refractivity contribution in [3.05, 3.63) is 0 Å². The number of hydrogen-bond donors (Lipinski definition) is 4. The highest BCUT2D eigenvalue weighted by Gasteiger charge is 1.98. The Morgan fingerprint density at radius 2 is 1.62 bits per heavy atom. The Kier molecular flexibility index (Phi) is 7.44. The summed E-state index contributed by atoms with van der Waals surface area (Å²) in [5.74, 6) is -2.31. The van der Waals surface area contributed by atoms with E-state index in [1.165, 1.54) is 0 Å². The van der Waals surface area contributed by atoms with Crippen molar-refractivity contribution < 1.29 is 14.7 Å². The minimum atomic E-state index is -1.38. The van der Waals surface area contributed by atoms with Gasteiger partial charge >= 0.3 is 5.97 Å². The fraction of sp³-hybridized carbons (Fsp3) is 0.200. The molecule has 0 atom stereocenters. The highest BCUT2D eigenvalue weighted by Crippen LogP contribution is 1.62. The molecule has 0 heterocycles. The van der Waals surface area contributed by atoms with Crippen LogP contribution in [0.3, 0.4) is 0 Å². The number of nitrogens with zero attached hydrogens (tertiary/aromatic N) is 1. The molecule has 13 heavy (non-hydrogen) atoms. The van der Waals surface area contributed by atoms with Crippen molar-refractivity contribution in [2.45, 2.75) is 6.92 Å². The van der Waals surface area contributed by atoms with E-state index in [2.05, 4.69) is 17.2 Å². The van der Waals surface area contributed by atoms with Crippen LogP contribution < -0.4 is 17.2 Å². The fourth-order valence-electron chi connectivity index (χ4n) is 0.127. The molecule has 74 valence electrons. The van der Waals surface area contributed by atoms with Crippen molar-refractivity contribution in [3.8, 4) is 0 Å². The number of carboxylic acids is 1. The highest BCUT2D eigenvalue weighted by atomic mass is 32.1. The molecule has 0 saturated heterocycles. The van der Waals surface area contributed by atoms with E-state index in [4.69, 9.17) is 22.3 Å². The zero-order chi connectivity index (χ0) is 11.0. The predicted molar refractivity (Wildman–Crippen MR) is 50.9 cm³/mol. The number of carbonyl (C=O) groups excluding carboxylic acids is 1. The van der Waals surface area contributed by atoms with E-state index in [0.717, 1.165) is 6.92 Å². The van der Waals surface area contributed by atoms with Crippen molar-refractivity contribution in [2.24, 2.45) is 22.2 Å². The molecular formula is C5H10N4O3S. The largest absolute Gasteiger partial charge is 0.476 e. The maximum atomic E-state index is 9.54. The number of nitrogens with two attached hydrogens (primary N) is 3. The average Bonchev–Trinajstić information content (AvgIpc) is 1.84. The van der Waals surface area contributed by atoms with Crippen molar-refractivity contribution >= 4 is 35.0 Å². The summed E-state index contributed by atoms with van der Waals surface area (Å²) in [6.45, 7) is 1.00. The minimum absolute atomic E-state index is 0.0417. The Morgan fingerprint density at radius 3 is 1.62 bits per heavy atom. The third kappa shape index (κ3) is 17.9. The van der Waals surface area contributed by atoms with Crippen LogP contribution in [0.5, 0.6) is 0 Å². The SMILES string of the molecule is CC(=O)C(=O)O.NC(=S)N=C(N)N. The van der Waals surface area contributed by atoms with E-state index < -0.39 is 11.8 Å². The number of aliphatic imine (C=N–C) groups is 1. The van der Waals surface area contributed by atoms with Gasteiger partial charge in [0.25, 0.3) is 0 Å². The van der Waals surface area contributed by atoms with E-state index in [0.29, 0.717) is 0 Å². The molecule has 0 aromatic rings. The predicted octanol–water partition coefficient (Wildman–Crippen LogP) is -1.84. The van der Waals surface area contributed by atoms with Crippen LogP contribution in [-0.2, 0) is 9.59 Å². The summed E-state index contributed by atoms with van der Waals surface area (Å²) >= 11 is 4.30. The lowest BCUT2D eigenvalue weighted by molar-refractivity contribution is -0.148. The lowest BCUT2D eigenvalue weighted by Crippen LogP contribution is -2.25. The summed E-state index contributed by atoms with van der Waals surface area (Å²) < 4.78 is 0. The highest BCUT2D eigenvalue weighted by molar-refractivity contribution is 7.80. The number of thiocarbonyl (C=S) groups is 1. The topological polar surface area (TPSA) is 145 Å². The summed E-state index contributed by atoms with van der Waals surface area (Å²) in [6, 6.07) is 0. The van der Waals surface area contributed by atoms with Crippen molar-refractivity contribution in [1.82, 2.24) is 0 Å². The van der Waals surface area contributed by atoms with Gasteiger partial charge < -0.3 is 22.3 Å². The first-order valence-corrected chi connectivity index (χ1v) is 3.31. The second-order valence-corrected chi connectivity index (χ2v) is 2.15. The number of guanidine groups is 1. The van der Waals surface area contributed by atoms with Crippen LogP contribution in [0, 0.1) is 0 Å². The molecular weight excluding hydrogens is 196 g/mol. The van der Waals surface area contributed by atoms with E-state index in [1.54, 1.807) is 0 Å². The molecule has 0 saturated carbocycles. The number of rotatable bonds is 1. The van der Waals surface area contributed by atoms with Crippen LogP contribution in [0.2, 0.25) is 0 Å². The number of carbonyl (C=O) groups is 2. The molecule has 0 unspecified atom stereocenters. The van der Waals surface area contributed by atoms with E-state index in [9.17, 15) is 9.59 Å². The van der Waals surface area contributed by atoms with Gasteiger partial charge in [-0.3, -0.25) is 4.79 Å². The van der Waals surface area contributed by atoms with E-state index in [-0.39, 0.29) is 11.1 Å². The molecule has 0 aromatic carbocycles. The summed E-state index contributed by atoms with van der Waals surface area (Å²) in [4.78, 5) is 22.2. The molecule has 8 heteroatoms. The zero-order valence-corrected chi connectivity index (χ0v) is 7.67. The lowest BCUT2D eigenvalue weighted by atomic mass is 10.5. The minimum Gasteiger partial charge on any atom is -0.476 e. The van der Waals surface area contributed by atoms with Crippen LogP contribution in [0.4, 0.5) is 0 Å².